The van der Waals surface area contributed by atoms with Gasteiger partial charge in [-0.05, 0) is 37.5 Å². The highest BCUT2D eigenvalue weighted by molar-refractivity contribution is 9.09. The summed E-state index contributed by atoms with van der Waals surface area (Å²) >= 11 is 10.9. The molecule has 0 saturated heterocycles. The lowest BCUT2D eigenvalue weighted by Crippen LogP contribution is -1.97. The van der Waals surface area contributed by atoms with E-state index in [1.807, 2.05) is 0 Å². The predicted molar refractivity (Wildman–Crippen MR) is 78.5 cm³/mol. The summed E-state index contributed by atoms with van der Waals surface area (Å²) in [5.41, 5.74) is 4.05. The van der Waals surface area contributed by atoms with Crippen LogP contribution in [0.3, 0.4) is 0 Å². The maximum absolute atomic E-state index is 3.65. The summed E-state index contributed by atoms with van der Waals surface area (Å²) in [6.45, 7) is 6.47. The molecule has 0 radical (unpaired) electrons. The molecule has 3 atom stereocenters. The Balaban J connectivity index is 3.21. The Bertz CT molecular complexity index is 330. The van der Waals surface area contributed by atoms with Crippen LogP contribution in [0.25, 0.3) is 0 Å². The Kier molecular flexibility index (Phi) is 5.33. The molecule has 3 unspecified atom stereocenters. The smallest absolute Gasteiger partial charge is 0.0370 e. The molecule has 0 amide bonds. The third-order valence-corrected chi connectivity index (χ3v) is 3.94. The van der Waals surface area contributed by atoms with Gasteiger partial charge in [0.2, 0.25) is 0 Å². The van der Waals surface area contributed by atoms with Crippen LogP contribution in [0.1, 0.15) is 51.9 Å². The van der Waals surface area contributed by atoms with Crippen LogP contribution in [-0.2, 0) is 0 Å². The van der Waals surface area contributed by atoms with Crippen molar-refractivity contribution < 1.29 is 0 Å². The van der Waals surface area contributed by atoms with Gasteiger partial charge in [-0.25, -0.2) is 0 Å². The van der Waals surface area contributed by atoms with Gasteiger partial charge in [-0.15, -0.1) is 0 Å². The van der Waals surface area contributed by atoms with Crippen molar-refractivity contribution in [3.63, 3.8) is 0 Å². The fraction of sp³-hybridized carbons (Fsp3) is 0.500. The molecule has 1 aromatic rings. The quantitative estimate of drug-likeness (QED) is 0.543. The van der Waals surface area contributed by atoms with Gasteiger partial charge in [-0.2, -0.15) is 0 Å². The largest absolute Gasteiger partial charge is 0.0842 e. The molecule has 0 aliphatic heterocycles. The zero-order valence-electron chi connectivity index (χ0n) is 9.10. The molecular formula is C12H15Br3. The molecule has 1 aromatic carbocycles. The van der Waals surface area contributed by atoms with Gasteiger partial charge in [0, 0.05) is 14.5 Å². The number of alkyl halides is 3. The Labute approximate surface area is 117 Å². The van der Waals surface area contributed by atoms with Crippen LogP contribution >= 0.6 is 47.8 Å². The van der Waals surface area contributed by atoms with Gasteiger partial charge >= 0.3 is 0 Å². The summed E-state index contributed by atoms with van der Waals surface area (Å²) in [5.74, 6) is 0. The lowest BCUT2D eigenvalue weighted by atomic mass is 9.99. The Hall–Kier alpha value is 0.660. The van der Waals surface area contributed by atoms with E-state index in [1.54, 1.807) is 0 Å². The number of hydrogen-bond acceptors (Lipinski definition) is 0. The molecule has 0 saturated carbocycles. The predicted octanol–water partition coefficient (Wildman–Crippen LogP) is 6.05. The number of hydrogen-bond donors (Lipinski definition) is 0. The summed E-state index contributed by atoms with van der Waals surface area (Å²) in [7, 11) is 0. The zero-order valence-corrected chi connectivity index (χ0v) is 13.9. The highest BCUT2D eigenvalue weighted by atomic mass is 79.9. The molecule has 0 bridgehead atoms. The maximum atomic E-state index is 3.65. The van der Waals surface area contributed by atoms with Crippen molar-refractivity contribution in [1.29, 1.82) is 0 Å². The Morgan fingerprint density at radius 3 is 1.73 bits per heavy atom. The van der Waals surface area contributed by atoms with Crippen molar-refractivity contribution in [2.45, 2.75) is 35.3 Å². The Morgan fingerprint density at radius 2 is 1.33 bits per heavy atom. The molecule has 0 spiro atoms. The molecule has 0 heterocycles. The maximum Gasteiger partial charge on any atom is 0.0370 e. The van der Waals surface area contributed by atoms with E-state index in [1.165, 1.54) is 16.7 Å². The first kappa shape index (κ1) is 13.7. The minimum atomic E-state index is 0.388. The van der Waals surface area contributed by atoms with Crippen molar-refractivity contribution >= 4 is 47.8 Å². The van der Waals surface area contributed by atoms with Gasteiger partial charge in [0.1, 0.15) is 0 Å². The first-order valence-electron chi connectivity index (χ1n) is 4.99. The van der Waals surface area contributed by atoms with Crippen molar-refractivity contribution in [3.8, 4) is 0 Å². The molecular weight excluding hydrogens is 384 g/mol. The van der Waals surface area contributed by atoms with Crippen molar-refractivity contribution in [2.75, 3.05) is 0 Å². The third-order valence-electron chi connectivity index (χ3n) is 2.43. The summed E-state index contributed by atoms with van der Waals surface area (Å²) in [4.78, 5) is 1.19. The van der Waals surface area contributed by atoms with Crippen LogP contribution in [0.2, 0.25) is 0 Å². The van der Waals surface area contributed by atoms with Gasteiger partial charge in [-0.1, -0.05) is 66.0 Å². The molecule has 0 aliphatic rings. The highest BCUT2D eigenvalue weighted by Gasteiger charge is 2.13. The van der Waals surface area contributed by atoms with Crippen molar-refractivity contribution in [1.82, 2.24) is 0 Å². The van der Waals surface area contributed by atoms with Crippen LogP contribution in [-0.4, -0.2) is 0 Å². The second-order valence-corrected chi connectivity index (χ2v) is 7.86. The normalized spacial score (nSPS) is 17.2. The minimum absolute atomic E-state index is 0.388. The number of benzene rings is 1. The first-order valence-corrected chi connectivity index (χ1v) is 7.74. The van der Waals surface area contributed by atoms with E-state index in [-0.39, 0.29) is 0 Å². The van der Waals surface area contributed by atoms with E-state index >= 15 is 0 Å². The van der Waals surface area contributed by atoms with Gasteiger partial charge in [0.15, 0.2) is 0 Å². The van der Waals surface area contributed by atoms with E-state index in [9.17, 15) is 0 Å². The summed E-state index contributed by atoms with van der Waals surface area (Å²) in [6, 6.07) is 6.66. The molecule has 0 nitrogen and oxygen atoms in total. The summed E-state index contributed by atoms with van der Waals surface area (Å²) < 4.78 is 0. The van der Waals surface area contributed by atoms with Gasteiger partial charge < -0.3 is 0 Å². The van der Waals surface area contributed by atoms with E-state index in [2.05, 4.69) is 86.8 Å². The van der Waals surface area contributed by atoms with Gasteiger partial charge in [-0.3, -0.25) is 0 Å². The van der Waals surface area contributed by atoms with E-state index < -0.39 is 0 Å². The lowest BCUT2D eigenvalue weighted by Gasteiger charge is -2.16. The third kappa shape index (κ3) is 3.57. The molecule has 3 heteroatoms. The van der Waals surface area contributed by atoms with Crippen LogP contribution < -0.4 is 0 Å². The van der Waals surface area contributed by atoms with E-state index in [4.69, 9.17) is 0 Å². The molecule has 0 fully saturated rings. The van der Waals surface area contributed by atoms with Gasteiger partial charge in [0.05, 0.1) is 0 Å². The molecule has 84 valence electrons. The summed E-state index contributed by atoms with van der Waals surface area (Å²) in [5, 5.41) is 0. The Morgan fingerprint density at radius 1 is 0.800 bits per heavy atom. The second kappa shape index (κ2) is 5.83. The van der Waals surface area contributed by atoms with E-state index in [0.29, 0.717) is 14.5 Å². The topological polar surface area (TPSA) is 0 Å². The zero-order chi connectivity index (χ0) is 11.6. The molecule has 1 rings (SSSR count). The fourth-order valence-electron chi connectivity index (χ4n) is 1.55. The number of halogens is 3. The molecule has 0 aliphatic carbocycles. The van der Waals surface area contributed by atoms with Crippen molar-refractivity contribution in [3.05, 3.63) is 34.9 Å². The average molecular weight is 399 g/mol. The van der Waals surface area contributed by atoms with Crippen LogP contribution in [0.4, 0.5) is 0 Å². The molecule has 15 heavy (non-hydrogen) atoms. The molecule has 0 aromatic heterocycles. The SMILES string of the molecule is CC(Br)c1ccc(C(C)Br)c(C(C)Br)c1. The highest BCUT2D eigenvalue weighted by Crippen LogP contribution is 2.35. The van der Waals surface area contributed by atoms with Crippen LogP contribution in [0, 0.1) is 0 Å². The lowest BCUT2D eigenvalue weighted by molar-refractivity contribution is 1.00. The van der Waals surface area contributed by atoms with E-state index in [0.717, 1.165) is 0 Å². The van der Waals surface area contributed by atoms with Crippen LogP contribution in [0.5, 0.6) is 0 Å². The standard InChI is InChI=1S/C12H15Br3/c1-7(13)10-4-5-11(8(2)14)12(6-10)9(3)15/h4-9H,1-3H3. The van der Waals surface area contributed by atoms with Crippen LogP contribution in [0.15, 0.2) is 18.2 Å². The molecule has 0 N–H and O–H groups in total. The first-order chi connectivity index (χ1) is 6.93. The number of rotatable bonds is 3. The van der Waals surface area contributed by atoms with Gasteiger partial charge in [0.25, 0.3) is 0 Å². The average Bonchev–Trinajstić information content (AvgIpc) is 2.16. The summed E-state index contributed by atoms with van der Waals surface area (Å²) in [6.07, 6.45) is 0. The van der Waals surface area contributed by atoms with Crippen molar-refractivity contribution in [2.24, 2.45) is 0 Å². The second-order valence-electron chi connectivity index (χ2n) is 3.74. The monoisotopic (exact) mass is 396 g/mol. The fourth-order valence-corrected chi connectivity index (χ4v) is 2.65. The minimum Gasteiger partial charge on any atom is -0.0842 e.